The number of benzene rings is 1. The maximum absolute atomic E-state index is 13.1. The Bertz CT molecular complexity index is 448. The van der Waals surface area contributed by atoms with Crippen molar-refractivity contribution in [3.05, 3.63) is 35.1 Å². The highest BCUT2D eigenvalue weighted by Crippen LogP contribution is 2.16. The zero-order valence-corrected chi connectivity index (χ0v) is 11.4. The molecule has 0 aliphatic heterocycles. The Hall–Kier alpha value is -1.46. The number of hydrogen-bond acceptors (Lipinski definition) is 3. The highest BCUT2D eigenvalue weighted by Gasteiger charge is 2.22. The molecule has 0 saturated heterocycles. The topological polar surface area (TPSA) is 69.6 Å². The fourth-order valence-electron chi connectivity index (χ4n) is 1.84. The lowest BCUT2D eigenvalue weighted by molar-refractivity contribution is -0.140. The van der Waals surface area contributed by atoms with Crippen LogP contribution in [0.5, 0.6) is 0 Å². The number of carboxylic acid groups (broad SMARTS) is 1. The standard InChI is InChI=1S/C14H20FNO3/c1-8(2)13(14(18)19)16-7-12(17)10-4-5-11(15)9(3)6-10/h4-6,8,12-13,16-17H,7H2,1-3H3,(H,18,19). The number of nitrogens with one attached hydrogen (secondary N) is 1. The predicted molar refractivity (Wildman–Crippen MR) is 70.4 cm³/mol. The molecule has 4 nitrogen and oxygen atoms in total. The number of aliphatic hydroxyl groups excluding tert-OH is 1. The predicted octanol–water partition coefficient (Wildman–Crippen LogP) is 1.87. The van der Waals surface area contributed by atoms with Crippen molar-refractivity contribution in [3.63, 3.8) is 0 Å². The largest absolute Gasteiger partial charge is 0.480 e. The Morgan fingerprint density at radius 1 is 1.42 bits per heavy atom. The number of aliphatic hydroxyl groups is 1. The Labute approximate surface area is 112 Å². The molecule has 19 heavy (non-hydrogen) atoms. The van der Waals surface area contributed by atoms with E-state index >= 15 is 0 Å². The molecule has 2 unspecified atom stereocenters. The lowest BCUT2D eigenvalue weighted by atomic mass is 10.0. The van der Waals surface area contributed by atoms with E-state index in [-0.39, 0.29) is 18.3 Å². The third kappa shape index (κ3) is 4.29. The number of hydrogen-bond donors (Lipinski definition) is 3. The van der Waals surface area contributed by atoms with E-state index in [0.29, 0.717) is 11.1 Å². The SMILES string of the molecule is Cc1cc(C(O)CNC(C(=O)O)C(C)C)ccc1F. The maximum Gasteiger partial charge on any atom is 0.320 e. The zero-order valence-electron chi connectivity index (χ0n) is 11.4. The fraction of sp³-hybridized carbons (Fsp3) is 0.500. The number of aryl methyl sites for hydroxylation is 1. The first-order chi connectivity index (χ1) is 8.82. The van der Waals surface area contributed by atoms with Crippen molar-refractivity contribution in [2.24, 2.45) is 5.92 Å². The minimum absolute atomic E-state index is 0.0837. The van der Waals surface area contributed by atoms with Crippen molar-refractivity contribution in [2.45, 2.75) is 32.9 Å². The van der Waals surface area contributed by atoms with Gasteiger partial charge in [0.25, 0.3) is 0 Å². The van der Waals surface area contributed by atoms with E-state index in [1.165, 1.54) is 12.1 Å². The Morgan fingerprint density at radius 3 is 2.53 bits per heavy atom. The molecule has 0 saturated carbocycles. The molecule has 5 heteroatoms. The van der Waals surface area contributed by atoms with Gasteiger partial charge in [-0.25, -0.2) is 4.39 Å². The lowest BCUT2D eigenvalue weighted by Crippen LogP contribution is -2.42. The summed E-state index contributed by atoms with van der Waals surface area (Å²) in [5.74, 6) is -1.35. The van der Waals surface area contributed by atoms with Crippen LogP contribution in [0.4, 0.5) is 4.39 Å². The van der Waals surface area contributed by atoms with Gasteiger partial charge in [0.05, 0.1) is 6.10 Å². The average Bonchev–Trinajstić information content (AvgIpc) is 2.31. The molecular weight excluding hydrogens is 249 g/mol. The molecule has 0 radical (unpaired) electrons. The normalized spacial score (nSPS) is 14.4. The highest BCUT2D eigenvalue weighted by atomic mass is 19.1. The second-order valence-electron chi connectivity index (χ2n) is 4.99. The molecule has 0 spiro atoms. The molecular formula is C14H20FNO3. The molecule has 0 aromatic heterocycles. The summed E-state index contributed by atoms with van der Waals surface area (Å²) < 4.78 is 13.1. The number of rotatable bonds is 6. The second kappa shape index (κ2) is 6.63. The zero-order chi connectivity index (χ0) is 14.6. The van der Waals surface area contributed by atoms with E-state index in [2.05, 4.69) is 5.32 Å². The van der Waals surface area contributed by atoms with Crippen LogP contribution in [0, 0.1) is 18.7 Å². The van der Waals surface area contributed by atoms with Gasteiger partial charge >= 0.3 is 5.97 Å². The van der Waals surface area contributed by atoms with Gasteiger partial charge in [-0.05, 0) is 30.0 Å². The van der Waals surface area contributed by atoms with Crippen LogP contribution in [0.25, 0.3) is 0 Å². The lowest BCUT2D eigenvalue weighted by Gasteiger charge is -2.20. The highest BCUT2D eigenvalue weighted by molar-refractivity contribution is 5.73. The molecule has 0 amide bonds. The van der Waals surface area contributed by atoms with E-state index in [4.69, 9.17) is 5.11 Å². The smallest absolute Gasteiger partial charge is 0.320 e. The van der Waals surface area contributed by atoms with E-state index in [9.17, 15) is 14.3 Å². The van der Waals surface area contributed by atoms with Crippen LogP contribution in [0.3, 0.4) is 0 Å². The second-order valence-corrected chi connectivity index (χ2v) is 4.99. The molecule has 0 fully saturated rings. The maximum atomic E-state index is 13.1. The van der Waals surface area contributed by atoms with E-state index in [0.717, 1.165) is 0 Å². The molecule has 106 valence electrons. The molecule has 3 N–H and O–H groups in total. The molecule has 0 bridgehead atoms. The van der Waals surface area contributed by atoms with Crippen LogP contribution in [0.1, 0.15) is 31.1 Å². The van der Waals surface area contributed by atoms with Gasteiger partial charge in [-0.3, -0.25) is 4.79 Å². The molecule has 0 heterocycles. The third-order valence-corrected chi connectivity index (χ3v) is 3.03. The van der Waals surface area contributed by atoms with Gasteiger partial charge in [-0.2, -0.15) is 0 Å². The van der Waals surface area contributed by atoms with Gasteiger partial charge in [-0.1, -0.05) is 26.0 Å². The van der Waals surface area contributed by atoms with Crippen molar-refractivity contribution in [3.8, 4) is 0 Å². The summed E-state index contributed by atoms with van der Waals surface area (Å²) in [7, 11) is 0. The fourth-order valence-corrected chi connectivity index (χ4v) is 1.84. The van der Waals surface area contributed by atoms with Crippen molar-refractivity contribution < 1.29 is 19.4 Å². The van der Waals surface area contributed by atoms with Crippen LogP contribution in [0.2, 0.25) is 0 Å². The van der Waals surface area contributed by atoms with Crippen LogP contribution in [0.15, 0.2) is 18.2 Å². The van der Waals surface area contributed by atoms with Crippen LogP contribution in [-0.2, 0) is 4.79 Å². The summed E-state index contributed by atoms with van der Waals surface area (Å²) in [5.41, 5.74) is 1.02. The average molecular weight is 269 g/mol. The quantitative estimate of drug-likeness (QED) is 0.737. The summed E-state index contributed by atoms with van der Waals surface area (Å²) >= 11 is 0. The van der Waals surface area contributed by atoms with Gasteiger partial charge in [0.1, 0.15) is 11.9 Å². The summed E-state index contributed by atoms with van der Waals surface area (Å²) in [6.45, 7) is 5.31. The van der Waals surface area contributed by atoms with Gasteiger partial charge in [0, 0.05) is 6.54 Å². The Kier molecular flexibility index (Phi) is 5.44. The van der Waals surface area contributed by atoms with Crippen molar-refractivity contribution >= 4 is 5.97 Å². The Morgan fingerprint density at radius 2 is 2.05 bits per heavy atom. The molecule has 1 aromatic rings. The molecule has 1 rings (SSSR count). The summed E-state index contributed by atoms with van der Waals surface area (Å²) in [5, 5.41) is 21.8. The summed E-state index contributed by atoms with van der Waals surface area (Å²) in [6.07, 6.45) is -0.861. The first-order valence-electron chi connectivity index (χ1n) is 6.23. The van der Waals surface area contributed by atoms with Crippen LogP contribution < -0.4 is 5.32 Å². The monoisotopic (exact) mass is 269 g/mol. The van der Waals surface area contributed by atoms with Gasteiger partial charge in [0.15, 0.2) is 0 Å². The number of halogens is 1. The molecule has 0 aliphatic carbocycles. The van der Waals surface area contributed by atoms with Gasteiger partial charge < -0.3 is 15.5 Å². The number of carboxylic acids is 1. The minimum Gasteiger partial charge on any atom is -0.480 e. The molecule has 2 atom stereocenters. The van der Waals surface area contributed by atoms with Crippen LogP contribution in [-0.4, -0.2) is 28.8 Å². The van der Waals surface area contributed by atoms with E-state index in [1.807, 2.05) is 0 Å². The first kappa shape index (κ1) is 15.6. The van der Waals surface area contributed by atoms with Crippen molar-refractivity contribution in [1.82, 2.24) is 5.32 Å². The van der Waals surface area contributed by atoms with Crippen molar-refractivity contribution in [2.75, 3.05) is 6.54 Å². The molecule has 0 aliphatic rings. The molecule has 1 aromatic carbocycles. The van der Waals surface area contributed by atoms with Crippen LogP contribution >= 0.6 is 0 Å². The van der Waals surface area contributed by atoms with Crippen molar-refractivity contribution in [1.29, 1.82) is 0 Å². The van der Waals surface area contributed by atoms with E-state index in [1.54, 1.807) is 26.8 Å². The number of carbonyl (C=O) groups is 1. The Balaban J connectivity index is 2.66. The van der Waals surface area contributed by atoms with Gasteiger partial charge in [0.2, 0.25) is 0 Å². The first-order valence-corrected chi connectivity index (χ1v) is 6.23. The minimum atomic E-state index is -0.947. The van der Waals surface area contributed by atoms with Gasteiger partial charge in [-0.15, -0.1) is 0 Å². The van der Waals surface area contributed by atoms with E-state index < -0.39 is 18.1 Å². The third-order valence-electron chi connectivity index (χ3n) is 3.03. The number of aliphatic carboxylic acids is 1. The summed E-state index contributed by atoms with van der Waals surface area (Å²) in [6, 6.07) is 3.65. The summed E-state index contributed by atoms with van der Waals surface area (Å²) in [4.78, 5) is 11.0.